The van der Waals surface area contributed by atoms with E-state index in [1.165, 1.54) is 42.1 Å². The van der Waals surface area contributed by atoms with E-state index >= 15 is 0 Å². The molecule has 0 spiro atoms. The summed E-state index contributed by atoms with van der Waals surface area (Å²) in [6, 6.07) is 21.5. The Labute approximate surface area is 252 Å². The van der Waals surface area contributed by atoms with Crippen LogP contribution >= 0.6 is 11.8 Å². The molecule has 226 valence electrons. The first kappa shape index (κ1) is 31.9. The third-order valence-electron chi connectivity index (χ3n) is 6.15. The number of hydrogen-bond donors (Lipinski definition) is 2. The molecule has 0 unspecified atom stereocenters. The van der Waals surface area contributed by atoms with Gasteiger partial charge in [0.05, 0.1) is 21.0 Å². The van der Waals surface area contributed by atoms with Gasteiger partial charge < -0.3 is 5.32 Å². The number of nitrogens with one attached hydrogen (secondary N) is 2. The van der Waals surface area contributed by atoms with Crippen molar-refractivity contribution in [2.45, 2.75) is 27.8 Å². The van der Waals surface area contributed by atoms with Crippen molar-refractivity contribution < 1.29 is 34.8 Å². The third-order valence-corrected chi connectivity index (χ3v) is 10.1. The SMILES string of the molecule is CSc1ccc(S(=O)(=O)N(CC(=O)Nc2ccc(S(=O)(=O)Nc3cccc(C(F)(F)F)c3)cc2)c2ccc(C)cc2)cc1. The van der Waals surface area contributed by atoms with Crippen LogP contribution in [-0.2, 0) is 31.0 Å². The fourth-order valence-electron chi connectivity index (χ4n) is 3.92. The average molecular weight is 650 g/mol. The average Bonchev–Trinajstić information content (AvgIpc) is 2.96. The highest BCUT2D eigenvalue weighted by molar-refractivity contribution is 7.98. The van der Waals surface area contributed by atoms with Crippen molar-refractivity contribution >= 4 is 54.8 Å². The van der Waals surface area contributed by atoms with Crippen LogP contribution < -0.4 is 14.3 Å². The smallest absolute Gasteiger partial charge is 0.325 e. The molecule has 0 aliphatic carbocycles. The van der Waals surface area contributed by atoms with E-state index < -0.39 is 44.2 Å². The van der Waals surface area contributed by atoms with Crippen molar-refractivity contribution in [2.75, 3.05) is 27.1 Å². The summed E-state index contributed by atoms with van der Waals surface area (Å²) in [5, 5.41) is 2.56. The van der Waals surface area contributed by atoms with Crippen molar-refractivity contribution in [3.05, 3.63) is 108 Å². The van der Waals surface area contributed by atoms with E-state index in [0.29, 0.717) is 6.07 Å². The Balaban J connectivity index is 1.52. The largest absolute Gasteiger partial charge is 0.416 e. The second-order valence-corrected chi connectivity index (χ2v) is 13.7. The second kappa shape index (κ2) is 12.7. The molecule has 8 nitrogen and oxygen atoms in total. The molecule has 0 radical (unpaired) electrons. The van der Waals surface area contributed by atoms with Gasteiger partial charge >= 0.3 is 6.18 Å². The number of alkyl halides is 3. The van der Waals surface area contributed by atoms with Gasteiger partial charge in [0.15, 0.2) is 0 Å². The zero-order valence-electron chi connectivity index (χ0n) is 22.8. The predicted octanol–water partition coefficient (Wildman–Crippen LogP) is 6.37. The molecular formula is C29H26F3N3O5S3. The summed E-state index contributed by atoms with van der Waals surface area (Å²) < 4.78 is 94.8. The number of halogens is 3. The number of rotatable bonds is 10. The molecule has 0 aromatic heterocycles. The maximum Gasteiger partial charge on any atom is 0.416 e. The van der Waals surface area contributed by atoms with E-state index in [1.54, 1.807) is 36.4 Å². The van der Waals surface area contributed by atoms with E-state index in [9.17, 15) is 34.8 Å². The highest BCUT2D eigenvalue weighted by atomic mass is 32.2. The molecule has 43 heavy (non-hydrogen) atoms. The molecule has 0 saturated heterocycles. The number of amides is 1. The lowest BCUT2D eigenvalue weighted by Gasteiger charge is -2.24. The van der Waals surface area contributed by atoms with Crippen LogP contribution in [0.15, 0.2) is 112 Å². The second-order valence-electron chi connectivity index (χ2n) is 9.28. The minimum atomic E-state index is -4.64. The van der Waals surface area contributed by atoms with Gasteiger partial charge in [0.25, 0.3) is 20.0 Å². The number of sulfonamides is 2. The van der Waals surface area contributed by atoms with E-state index in [0.717, 1.165) is 39.0 Å². The van der Waals surface area contributed by atoms with E-state index in [1.807, 2.05) is 13.2 Å². The van der Waals surface area contributed by atoms with Gasteiger partial charge in [-0.05, 0) is 92.0 Å². The van der Waals surface area contributed by atoms with Crippen molar-refractivity contribution in [2.24, 2.45) is 0 Å². The fourth-order valence-corrected chi connectivity index (χ4v) is 6.80. The van der Waals surface area contributed by atoms with Crippen LogP contribution in [-0.4, -0.2) is 35.5 Å². The monoisotopic (exact) mass is 649 g/mol. The van der Waals surface area contributed by atoms with Crippen LogP contribution in [0.25, 0.3) is 0 Å². The predicted molar refractivity (Wildman–Crippen MR) is 161 cm³/mol. The summed E-state index contributed by atoms with van der Waals surface area (Å²) in [6.07, 6.45) is -2.78. The maximum atomic E-state index is 13.6. The molecule has 0 bridgehead atoms. The van der Waals surface area contributed by atoms with Crippen LogP contribution in [0, 0.1) is 6.92 Å². The molecule has 4 aromatic carbocycles. The van der Waals surface area contributed by atoms with Gasteiger partial charge in [0.2, 0.25) is 5.91 Å². The summed E-state index contributed by atoms with van der Waals surface area (Å²) in [5.41, 5.74) is 0.0648. The highest BCUT2D eigenvalue weighted by Crippen LogP contribution is 2.31. The molecule has 0 saturated carbocycles. The summed E-state index contributed by atoms with van der Waals surface area (Å²) in [5.74, 6) is -0.692. The number of carbonyl (C=O) groups is 1. The van der Waals surface area contributed by atoms with E-state index in [-0.39, 0.29) is 26.9 Å². The number of thioether (sulfide) groups is 1. The Morgan fingerprint density at radius 1 is 0.814 bits per heavy atom. The van der Waals surface area contributed by atoms with Crippen molar-refractivity contribution in [1.82, 2.24) is 0 Å². The number of hydrogen-bond acceptors (Lipinski definition) is 6. The molecule has 1 amide bonds. The van der Waals surface area contributed by atoms with Crippen LogP contribution in [0.5, 0.6) is 0 Å². The summed E-state index contributed by atoms with van der Waals surface area (Å²) in [6.45, 7) is 1.27. The first-order valence-electron chi connectivity index (χ1n) is 12.5. The van der Waals surface area contributed by atoms with Gasteiger partial charge in [-0.2, -0.15) is 13.2 Å². The zero-order valence-corrected chi connectivity index (χ0v) is 25.2. The van der Waals surface area contributed by atoms with Gasteiger partial charge in [0, 0.05) is 16.3 Å². The topological polar surface area (TPSA) is 113 Å². The molecule has 0 heterocycles. The quantitative estimate of drug-likeness (QED) is 0.193. The van der Waals surface area contributed by atoms with Gasteiger partial charge in [0.1, 0.15) is 6.54 Å². The minimum absolute atomic E-state index is 0.00139. The van der Waals surface area contributed by atoms with Gasteiger partial charge in [-0.15, -0.1) is 11.8 Å². The number of aryl methyl sites for hydroxylation is 1. The highest BCUT2D eigenvalue weighted by Gasteiger charge is 2.31. The van der Waals surface area contributed by atoms with Crippen LogP contribution in [0.3, 0.4) is 0 Å². The Bertz CT molecular complexity index is 1810. The Morgan fingerprint density at radius 2 is 1.42 bits per heavy atom. The maximum absolute atomic E-state index is 13.6. The standard InChI is InChI=1S/C29H26F3N3O5S3/c1-20-6-10-24(11-7-20)35(43(39,40)27-16-12-25(41-2)13-17-27)19-28(36)33-22-8-14-26(15-9-22)42(37,38)34-23-5-3-4-21(18-23)29(30,31)32/h3-18,34H,19H2,1-2H3,(H,33,36). The Kier molecular flexibility index (Phi) is 9.42. The minimum Gasteiger partial charge on any atom is -0.325 e. The lowest BCUT2D eigenvalue weighted by atomic mass is 10.2. The van der Waals surface area contributed by atoms with Gasteiger partial charge in [-0.3, -0.25) is 13.8 Å². The first-order chi connectivity index (χ1) is 20.2. The number of benzene rings is 4. The molecule has 4 aromatic rings. The van der Waals surface area contributed by atoms with Gasteiger partial charge in [-0.1, -0.05) is 23.8 Å². The molecule has 4 rings (SSSR count). The normalized spacial score (nSPS) is 12.0. The fraction of sp³-hybridized carbons (Fsp3) is 0.138. The Morgan fingerprint density at radius 3 is 2.00 bits per heavy atom. The van der Waals surface area contributed by atoms with E-state index in [4.69, 9.17) is 0 Å². The van der Waals surface area contributed by atoms with Crippen molar-refractivity contribution in [3.63, 3.8) is 0 Å². The zero-order chi connectivity index (χ0) is 31.4. The summed E-state index contributed by atoms with van der Waals surface area (Å²) >= 11 is 1.46. The molecular weight excluding hydrogens is 624 g/mol. The molecule has 0 atom stereocenters. The molecule has 0 aliphatic rings. The van der Waals surface area contributed by atoms with Crippen LogP contribution in [0.4, 0.5) is 30.2 Å². The summed E-state index contributed by atoms with van der Waals surface area (Å²) in [4.78, 5) is 13.6. The van der Waals surface area contributed by atoms with Crippen LogP contribution in [0.1, 0.15) is 11.1 Å². The van der Waals surface area contributed by atoms with Crippen molar-refractivity contribution in [1.29, 1.82) is 0 Å². The van der Waals surface area contributed by atoms with Gasteiger partial charge in [-0.25, -0.2) is 16.8 Å². The van der Waals surface area contributed by atoms with Crippen LogP contribution in [0.2, 0.25) is 0 Å². The molecule has 0 aliphatic heterocycles. The molecule has 2 N–H and O–H groups in total. The number of carbonyl (C=O) groups excluding carboxylic acids is 1. The lowest BCUT2D eigenvalue weighted by Crippen LogP contribution is -2.38. The number of anilines is 3. The molecule has 0 fully saturated rings. The van der Waals surface area contributed by atoms with Crippen molar-refractivity contribution in [3.8, 4) is 0 Å². The molecule has 14 heteroatoms. The third kappa shape index (κ3) is 7.89. The van der Waals surface area contributed by atoms with E-state index in [2.05, 4.69) is 10.0 Å². The Hall–Kier alpha value is -4.01. The first-order valence-corrected chi connectivity index (χ1v) is 16.7. The summed E-state index contributed by atoms with van der Waals surface area (Å²) in [7, 11) is -8.40. The lowest BCUT2D eigenvalue weighted by molar-refractivity contribution is -0.137. The number of nitrogens with zero attached hydrogens (tertiary/aromatic N) is 1.